The normalized spacial score (nSPS) is 18.4. The molecule has 4 rings (SSSR count). The number of carbonyl (C=O) groups excluding carboxylic acids is 1. The van der Waals surface area contributed by atoms with E-state index in [1.165, 1.54) is 10.2 Å². The van der Waals surface area contributed by atoms with E-state index in [9.17, 15) is 9.59 Å². The van der Waals surface area contributed by atoms with Crippen LogP contribution in [0.5, 0.6) is 0 Å². The molecule has 1 amide bonds. The Kier molecular flexibility index (Phi) is 5.10. The average Bonchev–Trinajstić information content (AvgIpc) is 3.44. The van der Waals surface area contributed by atoms with Crippen molar-refractivity contribution in [3.8, 4) is 0 Å². The summed E-state index contributed by atoms with van der Waals surface area (Å²) in [4.78, 5) is 27.0. The molecule has 7 nitrogen and oxygen atoms in total. The van der Waals surface area contributed by atoms with Gasteiger partial charge in [0.05, 0.1) is 6.54 Å². The maximum absolute atomic E-state index is 12.5. The number of carbonyl (C=O) groups is 1. The maximum atomic E-state index is 12.5. The summed E-state index contributed by atoms with van der Waals surface area (Å²) in [6.07, 6.45) is 4.02. The van der Waals surface area contributed by atoms with Gasteiger partial charge in [0.2, 0.25) is 5.91 Å². The summed E-state index contributed by atoms with van der Waals surface area (Å²) in [5, 5.41) is 7.55. The molecule has 1 aliphatic carbocycles. The van der Waals surface area contributed by atoms with Crippen LogP contribution in [-0.2, 0) is 11.8 Å². The highest BCUT2D eigenvalue weighted by molar-refractivity contribution is 5.93. The third-order valence-electron chi connectivity index (χ3n) is 5.87. The van der Waals surface area contributed by atoms with Gasteiger partial charge in [0.1, 0.15) is 5.82 Å². The van der Waals surface area contributed by atoms with E-state index in [-0.39, 0.29) is 11.6 Å². The second kappa shape index (κ2) is 7.54. The van der Waals surface area contributed by atoms with E-state index in [1.807, 2.05) is 30.5 Å². The number of benzene rings is 1. The lowest BCUT2D eigenvalue weighted by molar-refractivity contribution is -0.117. The Balaban J connectivity index is 1.34. The Morgan fingerprint density at radius 2 is 1.89 bits per heavy atom. The first-order valence-corrected chi connectivity index (χ1v) is 10.2. The van der Waals surface area contributed by atoms with E-state index in [4.69, 9.17) is 0 Å². The van der Waals surface area contributed by atoms with Crippen LogP contribution in [0.3, 0.4) is 0 Å². The largest absolute Gasteiger partial charge is 0.345 e. The van der Waals surface area contributed by atoms with Crippen molar-refractivity contribution < 1.29 is 4.79 Å². The highest BCUT2D eigenvalue weighted by Gasteiger charge is 2.33. The first-order chi connectivity index (χ1) is 13.4. The maximum Gasteiger partial charge on any atom is 0.345 e. The molecule has 0 atom stereocenters. The molecule has 1 saturated heterocycles. The fourth-order valence-electron chi connectivity index (χ4n) is 4.15. The second-order valence-corrected chi connectivity index (χ2v) is 8.28. The third-order valence-corrected chi connectivity index (χ3v) is 5.87. The zero-order chi connectivity index (χ0) is 19.8. The molecule has 7 heteroatoms. The SMILES string of the molecule is Cc1ccc(NC(=O)CN2CCC(c3nn(C)c(=O)n3C3CC3)CC2)c(C)c1. The number of aromatic nitrogens is 3. The van der Waals surface area contributed by atoms with Crippen LogP contribution in [0.4, 0.5) is 5.69 Å². The molecule has 1 aromatic carbocycles. The van der Waals surface area contributed by atoms with E-state index < -0.39 is 0 Å². The highest BCUT2D eigenvalue weighted by atomic mass is 16.2. The molecule has 0 spiro atoms. The summed E-state index contributed by atoms with van der Waals surface area (Å²) in [5.74, 6) is 1.26. The number of nitrogens with zero attached hydrogens (tertiary/aromatic N) is 4. The van der Waals surface area contributed by atoms with Crippen molar-refractivity contribution in [2.24, 2.45) is 7.05 Å². The number of piperidine rings is 1. The number of hydrogen-bond acceptors (Lipinski definition) is 4. The molecule has 2 fully saturated rings. The molecule has 1 aromatic heterocycles. The predicted octanol–water partition coefficient (Wildman–Crippen LogP) is 2.35. The lowest BCUT2D eigenvalue weighted by atomic mass is 9.96. The van der Waals surface area contributed by atoms with Crippen LogP contribution in [0.25, 0.3) is 0 Å². The number of rotatable bonds is 5. The monoisotopic (exact) mass is 383 g/mol. The third kappa shape index (κ3) is 3.90. The number of hydrogen-bond donors (Lipinski definition) is 1. The molecule has 1 aliphatic heterocycles. The van der Waals surface area contributed by atoms with Gasteiger partial charge in [-0.15, -0.1) is 0 Å². The fraction of sp³-hybridized carbons (Fsp3) is 0.571. The van der Waals surface area contributed by atoms with Crippen LogP contribution in [0.2, 0.25) is 0 Å². The smallest absolute Gasteiger partial charge is 0.325 e. The molecule has 2 aromatic rings. The Morgan fingerprint density at radius 1 is 1.18 bits per heavy atom. The Morgan fingerprint density at radius 3 is 2.54 bits per heavy atom. The lowest BCUT2D eigenvalue weighted by Gasteiger charge is -2.31. The van der Waals surface area contributed by atoms with Gasteiger partial charge in [-0.3, -0.25) is 14.3 Å². The van der Waals surface area contributed by atoms with Gasteiger partial charge >= 0.3 is 5.69 Å². The predicted molar refractivity (Wildman–Crippen MR) is 109 cm³/mol. The summed E-state index contributed by atoms with van der Waals surface area (Å²) in [6.45, 7) is 6.16. The van der Waals surface area contributed by atoms with Gasteiger partial charge in [0.25, 0.3) is 0 Å². The van der Waals surface area contributed by atoms with E-state index in [2.05, 4.69) is 21.4 Å². The van der Waals surface area contributed by atoms with Crippen LogP contribution >= 0.6 is 0 Å². The van der Waals surface area contributed by atoms with Crippen LogP contribution in [-0.4, -0.2) is 44.8 Å². The average molecular weight is 383 g/mol. The second-order valence-electron chi connectivity index (χ2n) is 8.28. The van der Waals surface area contributed by atoms with Gasteiger partial charge in [0.15, 0.2) is 0 Å². The minimum absolute atomic E-state index is 0.00720. The Hall–Kier alpha value is -2.41. The quantitative estimate of drug-likeness (QED) is 0.860. The van der Waals surface area contributed by atoms with Crippen LogP contribution in [0.15, 0.2) is 23.0 Å². The molecule has 28 heavy (non-hydrogen) atoms. The van der Waals surface area contributed by atoms with Crippen molar-refractivity contribution in [3.05, 3.63) is 45.6 Å². The zero-order valence-electron chi connectivity index (χ0n) is 16.9. The van der Waals surface area contributed by atoms with Gasteiger partial charge in [-0.25, -0.2) is 9.48 Å². The molecular weight excluding hydrogens is 354 g/mol. The molecule has 2 heterocycles. The fourth-order valence-corrected chi connectivity index (χ4v) is 4.15. The standard InChI is InChI=1S/C21H29N5O2/c1-14-4-7-18(15(2)12-14)22-19(27)13-25-10-8-16(9-11-25)20-23-24(3)21(28)26(20)17-5-6-17/h4,7,12,16-17H,5-6,8-11,13H2,1-3H3,(H,22,27). The first kappa shape index (κ1) is 18.9. The topological polar surface area (TPSA) is 72.2 Å². The van der Waals surface area contributed by atoms with E-state index in [0.29, 0.717) is 18.5 Å². The van der Waals surface area contributed by atoms with E-state index >= 15 is 0 Å². The van der Waals surface area contributed by atoms with Crippen molar-refractivity contribution in [1.29, 1.82) is 0 Å². The molecule has 1 saturated carbocycles. The van der Waals surface area contributed by atoms with Gasteiger partial charge in [-0.1, -0.05) is 17.7 Å². The summed E-state index contributed by atoms with van der Waals surface area (Å²) < 4.78 is 3.38. The van der Waals surface area contributed by atoms with Crippen molar-refractivity contribution in [3.63, 3.8) is 0 Å². The van der Waals surface area contributed by atoms with Gasteiger partial charge in [-0.2, -0.15) is 5.10 Å². The molecule has 150 valence electrons. The van der Waals surface area contributed by atoms with Crippen molar-refractivity contribution in [2.45, 2.75) is 51.5 Å². The first-order valence-electron chi connectivity index (χ1n) is 10.2. The molecular formula is C21H29N5O2. The van der Waals surface area contributed by atoms with Gasteiger partial charge in [-0.05, 0) is 64.3 Å². The highest BCUT2D eigenvalue weighted by Crippen LogP contribution is 2.37. The van der Waals surface area contributed by atoms with Crippen molar-refractivity contribution in [2.75, 3.05) is 25.0 Å². The van der Waals surface area contributed by atoms with Crippen LogP contribution in [0.1, 0.15) is 54.6 Å². The Labute approximate surface area is 165 Å². The van der Waals surface area contributed by atoms with Crippen molar-refractivity contribution >= 4 is 11.6 Å². The van der Waals surface area contributed by atoms with Gasteiger partial charge in [0, 0.05) is 24.7 Å². The Bertz CT molecular complexity index is 933. The number of nitrogens with one attached hydrogen (secondary N) is 1. The minimum Gasteiger partial charge on any atom is -0.325 e. The zero-order valence-corrected chi connectivity index (χ0v) is 16.9. The summed E-state index contributed by atoms with van der Waals surface area (Å²) in [7, 11) is 1.73. The van der Waals surface area contributed by atoms with Crippen LogP contribution < -0.4 is 11.0 Å². The lowest BCUT2D eigenvalue weighted by Crippen LogP contribution is -2.39. The minimum atomic E-state index is 0.00720. The number of aryl methyl sites for hydroxylation is 3. The number of anilines is 1. The molecule has 0 radical (unpaired) electrons. The number of likely N-dealkylation sites (tertiary alicyclic amines) is 1. The summed E-state index contributed by atoms with van der Waals surface area (Å²) >= 11 is 0. The molecule has 2 aliphatic rings. The van der Waals surface area contributed by atoms with E-state index in [1.54, 1.807) is 7.05 Å². The number of amides is 1. The molecule has 1 N–H and O–H groups in total. The van der Waals surface area contributed by atoms with Crippen molar-refractivity contribution in [1.82, 2.24) is 19.2 Å². The van der Waals surface area contributed by atoms with Gasteiger partial charge < -0.3 is 5.32 Å². The summed E-state index contributed by atoms with van der Waals surface area (Å²) in [5.41, 5.74) is 3.16. The molecule has 0 bridgehead atoms. The summed E-state index contributed by atoms with van der Waals surface area (Å²) in [6, 6.07) is 6.40. The van der Waals surface area contributed by atoms with Crippen LogP contribution in [0, 0.1) is 13.8 Å². The molecule has 0 unspecified atom stereocenters. The van der Waals surface area contributed by atoms with E-state index in [0.717, 1.165) is 55.8 Å².